The number of carbonyl (C=O) groups excluding carboxylic acids is 1. The fraction of sp³-hybridized carbons (Fsp3) is 0.208. The van der Waals surface area contributed by atoms with Crippen molar-refractivity contribution in [2.75, 3.05) is 7.11 Å². The maximum Gasteiger partial charge on any atom is 0.261 e. The van der Waals surface area contributed by atoms with Crippen molar-refractivity contribution in [3.63, 3.8) is 0 Å². The summed E-state index contributed by atoms with van der Waals surface area (Å²) in [7, 11) is 1.64. The van der Waals surface area contributed by atoms with Crippen molar-refractivity contribution in [3.8, 4) is 11.5 Å². The highest BCUT2D eigenvalue weighted by molar-refractivity contribution is 5.82. The van der Waals surface area contributed by atoms with Crippen molar-refractivity contribution in [2.24, 2.45) is 0 Å². The molecule has 0 aromatic heterocycles. The summed E-state index contributed by atoms with van der Waals surface area (Å²) >= 11 is 0. The molecule has 1 amide bonds. The molecule has 0 aliphatic heterocycles. The fourth-order valence-electron chi connectivity index (χ4n) is 3.02. The van der Waals surface area contributed by atoms with Gasteiger partial charge in [0.2, 0.25) is 0 Å². The van der Waals surface area contributed by atoms with Gasteiger partial charge in [-0.1, -0.05) is 67.6 Å². The standard InChI is InChI=1S/C24H25NO3/c1-3-22(28-21-12-8-5-9-13-21)24(26)25-23(18-10-6-4-7-11-18)19-14-16-20(27-2)17-15-19/h4-17,22-23H,3H2,1-2H3,(H,25,26). The first-order valence-electron chi connectivity index (χ1n) is 9.42. The van der Waals surface area contributed by atoms with Crippen molar-refractivity contribution >= 4 is 5.91 Å². The number of carbonyl (C=O) groups is 1. The highest BCUT2D eigenvalue weighted by Crippen LogP contribution is 2.25. The topological polar surface area (TPSA) is 47.6 Å². The summed E-state index contributed by atoms with van der Waals surface area (Å²) in [5.41, 5.74) is 1.99. The lowest BCUT2D eigenvalue weighted by Crippen LogP contribution is -2.40. The Morgan fingerprint density at radius 3 is 1.96 bits per heavy atom. The minimum absolute atomic E-state index is 0.143. The van der Waals surface area contributed by atoms with Gasteiger partial charge >= 0.3 is 0 Å². The third-order valence-electron chi connectivity index (χ3n) is 4.55. The molecule has 0 aliphatic rings. The van der Waals surface area contributed by atoms with Crippen LogP contribution in [0, 0.1) is 0 Å². The number of nitrogens with one attached hydrogen (secondary N) is 1. The molecule has 0 radical (unpaired) electrons. The summed E-state index contributed by atoms with van der Waals surface area (Å²) in [4.78, 5) is 13.0. The van der Waals surface area contributed by atoms with E-state index in [4.69, 9.17) is 9.47 Å². The summed E-state index contributed by atoms with van der Waals surface area (Å²) in [5, 5.41) is 3.15. The molecule has 1 N–H and O–H groups in total. The maximum atomic E-state index is 13.0. The van der Waals surface area contributed by atoms with Crippen molar-refractivity contribution in [3.05, 3.63) is 96.1 Å². The summed E-state index contributed by atoms with van der Waals surface area (Å²) in [6.45, 7) is 1.94. The van der Waals surface area contributed by atoms with E-state index in [2.05, 4.69) is 5.32 Å². The quantitative estimate of drug-likeness (QED) is 0.618. The molecule has 2 atom stereocenters. The van der Waals surface area contributed by atoms with E-state index < -0.39 is 6.10 Å². The van der Waals surface area contributed by atoms with Crippen LogP contribution >= 0.6 is 0 Å². The molecule has 3 aromatic rings. The molecule has 0 saturated carbocycles. The number of para-hydroxylation sites is 1. The second kappa shape index (κ2) is 9.60. The number of amides is 1. The average molecular weight is 375 g/mol. The lowest BCUT2D eigenvalue weighted by atomic mass is 9.98. The molecule has 0 bridgehead atoms. The van der Waals surface area contributed by atoms with Crippen LogP contribution in [0.3, 0.4) is 0 Å². The molecule has 4 nitrogen and oxygen atoms in total. The fourth-order valence-corrected chi connectivity index (χ4v) is 3.02. The van der Waals surface area contributed by atoms with E-state index in [1.54, 1.807) is 7.11 Å². The number of hydrogen-bond donors (Lipinski definition) is 1. The van der Waals surface area contributed by atoms with Gasteiger partial charge < -0.3 is 14.8 Å². The molecule has 2 unspecified atom stereocenters. The van der Waals surface area contributed by atoms with Gasteiger partial charge in [0.25, 0.3) is 5.91 Å². The summed E-state index contributed by atoms with van der Waals surface area (Å²) in [6, 6.07) is 26.8. The Kier molecular flexibility index (Phi) is 6.68. The molecule has 4 heteroatoms. The highest BCUT2D eigenvalue weighted by Gasteiger charge is 2.23. The van der Waals surface area contributed by atoms with Gasteiger partial charge in [0.1, 0.15) is 11.5 Å². The average Bonchev–Trinajstić information content (AvgIpc) is 2.77. The van der Waals surface area contributed by atoms with E-state index >= 15 is 0 Å². The van der Waals surface area contributed by atoms with Crippen LogP contribution in [0.4, 0.5) is 0 Å². The molecular formula is C24H25NO3. The summed E-state index contributed by atoms with van der Waals surface area (Å²) in [5.74, 6) is 1.32. The molecule has 144 valence electrons. The molecule has 28 heavy (non-hydrogen) atoms. The number of methoxy groups -OCH3 is 1. The molecule has 0 fully saturated rings. The first kappa shape index (κ1) is 19.5. The smallest absolute Gasteiger partial charge is 0.261 e. The van der Waals surface area contributed by atoms with E-state index in [9.17, 15) is 4.79 Å². The zero-order valence-corrected chi connectivity index (χ0v) is 16.2. The summed E-state index contributed by atoms with van der Waals surface area (Å²) < 4.78 is 11.2. The van der Waals surface area contributed by atoms with Crippen LogP contribution in [-0.4, -0.2) is 19.1 Å². The van der Waals surface area contributed by atoms with Gasteiger partial charge in [0.05, 0.1) is 13.2 Å². The van der Waals surface area contributed by atoms with Crippen molar-refractivity contribution in [2.45, 2.75) is 25.5 Å². The number of benzene rings is 3. The first-order valence-corrected chi connectivity index (χ1v) is 9.42. The van der Waals surface area contributed by atoms with Gasteiger partial charge in [0, 0.05) is 0 Å². The Hall–Kier alpha value is -3.27. The minimum atomic E-state index is -0.563. The Morgan fingerprint density at radius 2 is 1.39 bits per heavy atom. The van der Waals surface area contributed by atoms with E-state index in [-0.39, 0.29) is 11.9 Å². The van der Waals surface area contributed by atoms with E-state index in [0.29, 0.717) is 12.2 Å². The van der Waals surface area contributed by atoms with E-state index in [1.165, 1.54) is 0 Å². The van der Waals surface area contributed by atoms with Crippen LogP contribution in [0.5, 0.6) is 11.5 Å². The molecule has 3 rings (SSSR count). The number of hydrogen-bond acceptors (Lipinski definition) is 3. The highest BCUT2D eigenvalue weighted by atomic mass is 16.5. The Morgan fingerprint density at radius 1 is 0.821 bits per heavy atom. The molecule has 0 saturated heterocycles. The van der Waals surface area contributed by atoms with Crippen molar-refractivity contribution in [1.29, 1.82) is 0 Å². The number of ether oxygens (including phenoxy) is 2. The van der Waals surface area contributed by atoms with Crippen LogP contribution < -0.4 is 14.8 Å². The third-order valence-corrected chi connectivity index (χ3v) is 4.55. The monoisotopic (exact) mass is 375 g/mol. The normalized spacial score (nSPS) is 12.6. The SMILES string of the molecule is CCC(Oc1ccccc1)C(=O)NC(c1ccccc1)c1ccc(OC)cc1. The van der Waals surface area contributed by atoms with E-state index in [1.807, 2.05) is 91.9 Å². The minimum Gasteiger partial charge on any atom is -0.497 e. The Balaban J connectivity index is 1.82. The maximum absolute atomic E-state index is 13.0. The molecular weight excluding hydrogens is 350 g/mol. The molecule has 0 heterocycles. The van der Waals surface area contributed by atoms with Crippen LogP contribution in [0.25, 0.3) is 0 Å². The zero-order chi connectivity index (χ0) is 19.8. The number of rotatable bonds is 8. The van der Waals surface area contributed by atoms with Gasteiger partial charge in [-0.25, -0.2) is 0 Å². The zero-order valence-electron chi connectivity index (χ0n) is 16.2. The Labute approximate surface area is 166 Å². The van der Waals surface area contributed by atoms with Gasteiger partial charge in [-0.2, -0.15) is 0 Å². The van der Waals surface area contributed by atoms with E-state index in [0.717, 1.165) is 16.9 Å². The second-order valence-electron chi connectivity index (χ2n) is 6.45. The van der Waals surface area contributed by atoms with Gasteiger partial charge in [-0.15, -0.1) is 0 Å². The third kappa shape index (κ3) is 4.92. The predicted molar refractivity (Wildman–Crippen MR) is 111 cm³/mol. The van der Waals surface area contributed by atoms with Crippen molar-refractivity contribution in [1.82, 2.24) is 5.32 Å². The van der Waals surface area contributed by atoms with Gasteiger partial charge in [0.15, 0.2) is 6.10 Å². The molecule has 0 spiro atoms. The van der Waals surface area contributed by atoms with Gasteiger partial charge in [-0.3, -0.25) is 4.79 Å². The predicted octanol–water partition coefficient (Wildman–Crippen LogP) is 4.76. The Bertz CT molecular complexity index is 863. The van der Waals surface area contributed by atoms with Gasteiger partial charge in [-0.05, 0) is 41.8 Å². The lowest BCUT2D eigenvalue weighted by molar-refractivity contribution is -0.128. The largest absolute Gasteiger partial charge is 0.497 e. The van der Waals surface area contributed by atoms with Crippen LogP contribution in [-0.2, 0) is 4.79 Å². The summed E-state index contributed by atoms with van der Waals surface area (Å²) in [6.07, 6.45) is 0.0112. The second-order valence-corrected chi connectivity index (χ2v) is 6.45. The lowest BCUT2D eigenvalue weighted by Gasteiger charge is -2.24. The molecule has 3 aromatic carbocycles. The van der Waals surface area contributed by atoms with Crippen LogP contribution in [0.15, 0.2) is 84.9 Å². The first-order chi connectivity index (χ1) is 13.7. The van der Waals surface area contributed by atoms with Crippen LogP contribution in [0.1, 0.15) is 30.5 Å². The van der Waals surface area contributed by atoms with Crippen molar-refractivity contribution < 1.29 is 14.3 Å². The molecule has 0 aliphatic carbocycles. The van der Waals surface area contributed by atoms with Crippen LogP contribution in [0.2, 0.25) is 0 Å².